The highest BCUT2D eigenvalue weighted by Crippen LogP contribution is 2.26. The van der Waals surface area contributed by atoms with Gasteiger partial charge in [0.1, 0.15) is 30.2 Å². The third-order valence-corrected chi connectivity index (χ3v) is 4.11. The fourth-order valence-electron chi connectivity index (χ4n) is 2.58. The Bertz CT molecular complexity index is 587. The summed E-state index contributed by atoms with van der Waals surface area (Å²) >= 11 is 5.55. The molecule has 0 aliphatic carbocycles. The minimum atomic E-state index is -1.71. The van der Waals surface area contributed by atoms with Crippen LogP contribution in [0, 0.1) is 4.91 Å². The molecular weight excluding hydrogens is 374 g/mol. The summed E-state index contributed by atoms with van der Waals surface area (Å²) in [5, 5.41) is 42.5. The fraction of sp³-hybridized carbons (Fsp3) is 0.643. The van der Waals surface area contributed by atoms with E-state index in [1.54, 1.807) is 12.1 Å². The van der Waals surface area contributed by atoms with Crippen LogP contribution < -0.4 is 0 Å². The topological polar surface area (TPSA) is 156 Å². The molecule has 2 rings (SSSR count). The van der Waals surface area contributed by atoms with Crippen LogP contribution in [0.5, 0.6) is 0 Å². The zero-order valence-corrected chi connectivity index (χ0v) is 14.3. The van der Waals surface area contributed by atoms with Gasteiger partial charge in [-0.05, 0) is 12.1 Å². The van der Waals surface area contributed by atoms with Gasteiger partial charge in [0.25, 0.3) is 0 Å². The second kappa shape index (κ2) is 9.26. The van der Waals surface area contributed by atoms with E-state index in [1.165, 1.54) is 6.26 Å². The van der Waals surface area contributed by atoms with Crippen molar-refractivity contribution in [3.8, 4) is 0 Å². The molecule has 0 aromatic carbocycles. The summed E-state index contributed by atoms with van der Waals surface area (Å²) in [6.45, 7) is -1.10. The van der Waals surface area contributed by atoms with Gasteiger partial charge in [-0.25, -0.2) is 4.79 Å². The molecule has 0 unspecified atom stereocenters. The van der Waals surface area contributed by atoms with E-state index >= 15 is 0 Å². The number of carbonyl (C=O) groups is 1. The summed E-state index contributed by atoms with van der Waals surface area (Å²) in [5.41, 5.74) is 0. The van der Waals surface area contributed by atoms with Gasteiger partial charge < -0.3 is 29.6 Å². The minimum absolute atomic E-state index is 0.0687. The van der Waals surface area contributed by atoms with E-state index in [1.807, 2.05) is 0 Å². The second-order valence-corrected chi connectivity index (χ2v) is 5.98. The van der Waals surface area contributed by atoms with Gasteiger partial charge in [0.15, 0.2) is 6.23 Å². The fourth-order valence-corrected chi connectivity index (χ4v) is 2.74. The number of carbonyl (C=O) groups excluding carboxylic acids is 1. The van der Waals surface area contributed by atoms with Crippen molar-refractivity contribution in [1.29, 1.82) is 0 Å². The lowest BCUT2D eigenvalue weighted by Gasteiger charge is -2.44. The van der Waals surface area contributed by atoms with Crippen LogP contribution in [-0.4, -0.2) is 86.0 Å². The Morgan fingerprint density at radius 3 is 2.54 bits per heavy atom. The van der Waals surface area contributed by atoms with Gasteiger partial charge in [-0.15, -0.1) is 16.5 Å². The molecule has 1 fully saturated rings. The van der Waals surface area contributed by atoms with Crippen molar-refractivity contribution < 1.29 is 34.4 Å². The number of rotatable bonds is 7. The van der Waals surface area contributed by atoms with Gasteiger partial charge in [-0.2, -0.15) is 5.01 Å². The average Bonchev–Trinajstić information content (AvgIpc) is 3.15. The van der Waals surface area contributed by atoms with Gasteiger partial charge in [0.05, 0.1) is 31.2 Å². The van der Waals surface area contributed by atoms with Crippen molar-refractivity contribution in [2.45, 2.75) is 37.2 Å². The van der Waals surface area contributed by atoms with E-state index in [9.17, 15) is 30.1 Å². The summed E-state index contributed by atoms with van der Waals surface area (Å²) in [5.74, 6) is 0.229. The lowest BCUT2D eigenvalue weighted by Crippen LogP contribution is -2.64. The zero-order valence-electron chi connectivity index (χ0n) is 13.6. The maximum Gasteiger partial charge on any atom is 0.345 e. The Morgan fingerprint density at radius 1 is 1.27 bits per heavy atom. The Kier molecular flexibility index (Phi) is 7.32. The number of nitrogens with zero attached hydrogens (tertiary/aromatic N) is 3. The van der Waals surface area contributed by atoms with Crippen LogP contribution >= 0.6 is 11.6 Å². The van der Waals surface area contributed by atoms with Crippen molar-refractivity contribution in [3.05, 3.63) is 29.1 Å². The van der Waals surface area contributed by atoms with E-state index < -0.39 is 43.3 Å². The van der Waals surface area contributed by atoms with Gasteiger partial charge in [-0.3, -0.25) is 4.90 Å². The average molecular weight is 394 g/mol. The Labute approximate surface area is 153 Å². The summed E-state index contributed by atoms with van der Waals surface area (Å²) in [6.07, 6.45) is -6.34. The van der Waals surface area contributed by atoms with E-state index in [0.29, 0.717) is 10.8 Å². The summed E-state index contributed by atoms with van der Waals surface area (Å²) in [7, 11) is 0. The molecule has 1 aromatic rings. The largest absolute Gasteiger partial charge is 0.467 e. The number of nitroso groups, excluding NO2 is 1. The molecule has 1 aliphatic heterocycles. The molecule has 1 aliphatic rings. The van der Waals surface area contributed by atoms with Crippen molar-refractivity contribution in [3.63, 3.8) is 0 Å². The third-order valence-electron chi connectivity index (χ3n) is 3.94. The number of aliphatic hydroxyl groups is 4. The SMILES string of the molecule is O=NN(CCCl)C(=O)N(Cc1ccco1)[C@@H]1O[C@H](CO)[C@H](O)[C@H](O)[C@H]1O. The van der Waals surface area contributed by atoms with Crippen LogP contribution in [0.1, 0.15) is 5.76 Å². The minimum Gasteiger partial charge on any atom is -0.467 e. The van der Waals surface area contributed by atoms with Crippen molar-refractivity contribution in [1.82, 2.24) is 9.91 Å². The van der Waals surface area contributed by atoms with Crippen LogP contribution in [-0.2, 0) is 11.3 Å². The number of hydrogen-bond donors (Lipinski definition) is 4. The van der Waals surface area contributed by atoms with Gasteiger partial charge in [0.2, 0.25) is 0 Å². The molecule has 4 N–H and O–H groups in total. The summed E-state index contributed by atoms with van der Waals surface area (Å²) in [4.78, 5) is 24.5. The van der Waals surface area contributed by atoms with Crippen LogP contribution in [0.4, 0.5) is 4.79 Å². The normalized spacial score (nSPS) is 28.6. The Morgan fingerprint density at radius 2 is 2.00 bits per heavy atom. The number of furan rings is 1. The van der Waals surface area contributed by atoms with Gasteiger partial charge >= 0.3 is 6.03 Å². The number of hydrogen-bond acceptors (Lipinski definition) is 9. The van der Waals surface area contributed by atoms with E-state index in [0.717, 1.165) is 4.90 Å². The van der Waals surface area contributed by atoms with Gasteiger partial charge in [0, 0.05) is 5.88 Å². The third kappa shape index (κ3) is 4.31. The first-order valence-electron chi connectivity index (χ1n) is 7.74. The van der Waals surface area contributed by atoms with E-state index in [-0.39, 0.29) is 19.0 Å². The molecule has 2 heterocycles. The highest BCUT2D eigenvalue weighted by molar-refractivity contribution is 6.18. The monoisotopic (exact) mass is 393 g/mol. The summed E-state index contributed by atoms with van der Waals surface area (Å²) in [6, 6.07) is 2.16. The molecule has 146 valence electrons. The zero-order chi connectivity index (χ0) is 19.3. The standard InChI is InChI=1S/C14H20ClN3O8/c15-3-4-18(16-24)14(23)17(6-8-2-1-5-25-8)13-12(22)11(21)10(20)9(7-19)26-13/h1-2,5,9-13,19-22H,3-4,6-7H2/t9-,10+,11+,12-,13-/m1/s1. The molecule has 0 radical (unpaired) electrons. The van der Waals surface area contributed by atoms with Gasteiger partial charge in [-0.1, -0.05) is 0 Å². The molecule has 1 aromatic heterocycles. The maximum absolute atomic E-state index is 12.7. The molecule has 5 atom stereocenters. The van der Waals surface area contributed by atoms with Crippen LogP contribution in [0.3, 0.4) is 0 Å². The van der Waals surface area contributed by atoms with Crippen molar-refractivity contribution in [2.75, 3.05) is 19.0 Å². The molecule has 0 spiro atoms. The maximum atomic E-state index is 12.7. The lowest BCUT2D eigenvalue weighted by molar-refractivity contribution is -0.259. The molecule has 2 amide bonds. The first kappa shape index (κ1) is 20.6. The number of aliphatic hydroxyl groups excluding tert-OH is 4. The van der Waals surface area contributed by atoms with Crippen molar-refractivity contribution in [2.24, 2.45) is 5.29 Å². The smallest absolute Gasteiger partial charge is 0.345 e. The molecular formula is C14H20ClN3O8. The predicted octanol–water partition coefficient (Wildman–Crippen LogP) is -0.776. The number of urea groups is 1. The predicted molar refractivity (Wildman–Crippen MR) is 86.6 cm³/mol. The molecule has 11 nitrogen and oxygen atoms in total. The molecule has 1 saturated heterocycles. The molecule has 12 heteroatoms. The second-order valence-electron chi connectivity index (χ2n) is 5.60. The van der Waals surface area contributed by atoms with Crippen LogP contribution in [0.2, 0.25) is 0 Å². The Balaban J connectivity index is 2.32. The first-order valence-corrected chi connectivity index (χ1v) is 8.28. The molecule has 26 heavy (non-hydrogen) atoms. The Hall–Kier alpha value is -1.76. The highest BCUT2D eigenvalue weighted by atomic mass is 35.5. The number of ether oxygens (including phenoxy) is 1. The van der Waals surface area contributed by atoms with E-state index in [2.05, 4.69) is 5.29 Å². The van der Waals surface area contributed by atoms with Crippen molar-refractivity contribution >= 4 is 17.6 Å². The van der Waals surface area contributed by atoms with Crippen LogP contribution in [0.25, 0.3) is 0 Å². The first-order chi connectivity index (χ1) is 12.4. The number of alkyl halides is 1. The number of halogens is 1. The quantitative estimate of drug-likeness (QED) is 0.267. The number of amides is 2. The summed E-state index contributed by atoms with van der Waals surface area (Å²) < 4.78 is 10.6. The highest BCUT2D eigenvalue weighted by Gasteiger charge is 2.47. The molecule has 0 bridgehead atoms. The van der Waals surface area contributed by atoms with E-state index in [4.69, 9.17) is 20.8 Å². The van der Waals surface area contributed by atoms with Crippen LogP contribution in [0.15, 0.2) is 28.1 Å². The lowest BCUT2D eigenvalue weighted by atomic mass is 9.98. The molecule has 0 saturated carbocycles.